The van der Waals surface area contributed by atoms with E-state index in [4.69, 9.17) is 9.84 Å². The molecular formula is C15H12O4. The molecule has 2 aromatic carbocycles. The number of carbonyl (C=O) groups excluding carboxylic acids is 1. The first-order chi connectivity index (χ1) is 9.06. The number of carboxylic acid groups (broad SMARTS) is 1. The zero-order valence-electron chi connectivity index (χ0n) is 10.3. The lowest BCUT2D eigenvalue weighted by Gasteiger charge is -2.06. The first-order valence-corrected chi connectivity index (χ1v) is 5.68. The Labute approximate surface area is 110 Å². The van der Waals surface area contributed by atoms with Crippen molar-refractivity contribution in [2.75, 3.05) is 0 Å². The first kappa shape index (κ1) is 12.8. The third kappa shape index (κ3) is 3.19. The van der Waals surface area contributed by atoms with Gasteiger partial charge in [0.15, 0.2) is 0 Å². The fraction of sp³-hybridized carbons (Fsp3) is 0.0667. The number of rotatable bonds is 4. The molecule has 0 heterocycles. The van der Waals surface area contributed by atoms with Gasteiger partial charge in [0.25, 0.3) is 5.78 Å². The fourth-order valence-electron chi connectivity index (χ4n) is 1.57. The van der Waals surface area contributed by atoms with Gasteiger partial charge in [-0.15, -0.1) is 0 Å². The molecule has 0 bridgehead atoms. The molecule has 0 aliphatic carbocycles. The third-order valence-electron chi connectivity index (χ3n) is 2.55. The number of hydrogen-bond donors (Lipinski definition) is 1. The molecule has 4 heteroatoms. The Morgan fingerprint density at radius 3 is 2.32 bits per heavy atom. The number of aryl methyl sites for hydroxylation is 1. The van der Waals surface area contributed by atoms with Crippen LogP contribution in [0.15, 0.2) is 48.5 Å². The van der Waals surface area contributed by atoms with Crippen LogP contribution in [-0.2, 0) is 4.79 Å². The van der Waals surface area contributed by atoms with Crippen molar-refractivity contribution < 1.29 is 19.4 Å². The van der Waals surface area contributed by atoms with E-state index in [9.17, 15) is 9.59 Å². The van der Waals surface area contributed by atoms with Crippen molar-refractivity contribution in [3.8, 4) is 11.5 Å². The Kier molecular flexibility index (Phi) is 3.61. The van der Waals surface area contributed by atoms with Crippen molar-refractivity contribution in [1.29, 1.82) is 0 Å². The summed E-state index contributed by atoms with van der Waals surface area (Å²) in [6.45, 7) is 1.97. The van der Waals surface area contributed by atoms with Gasteiger partial charge in [-0.2, -0.15) is 0 Å². The molecule has 0 atom stereocenters. The second-order valence-electron chi connectivity index (χ2n) is 4.08. The second-order valence-corrected chi connectivity index (χ2v) is 4.08. The van der Waals surface area contributed by atoms with Gasteiger partial charge in [-0.05, 0) is 31.2 Å². The highest BCUT2D eigenvalue weighted by Gasteiger charge is 2.14. The molecule has 0 radical (unpaired) electrons. The van der Waals surface area contributed by atoms with Gasteiger partial charge in [0, 0.05) is 5.56 Å². The highest BCUT2D eigenvalue weighted by molar-refractivity contribution is 6.39. The highest BCUT2D eigenvalue weighted by atomic mass is 16.5. The molecular weight excluding hydrogens is 244 g/mol. The molecule has 0 saturated carbocycles. The van der Waals surface area contributed by atoms with Gasteiger partial charge in [0.1, 0.15) is 11.5 Å². The molecule has 0 unspecified atom stereocenters. The highest BCUT2D eigenvalue weighted by Crippen LogP contribution is 2.22. The van der Waals surface area contributed by atoms with E-state index < -0.39 is 11.8 Å². The van der Waals surface area contributed by atoms with Gasteiger partial charge >= 0.3 is 5.97 Å². The van der Waals surface area contributed by atoms with Crippen LogP contribution in [-0.4, -0.2) is 16.9 Å². The van der Waals surface area contributed by atoms with E-state index in [1.54, 1.807) is 24.3 Å². The van der Waals surface area contributed by atoms with Crippen LogP contribution in [0.25, 0.3) is 0 Å². The van der Waals surface area contributed by atoms with Crippen LogP contribution in [0.3, 0.4) is 0 Å². The normalized spacial score (nSPS) is 9.95. The standard InChI is InChI=1S/C15H12O4/c1-10-5-7-12(8-6-10)19-13-4-2-3-11(9-13)14(16)15(17)18/h2-9H,1H3,(H,17,18). The van der Waals surface area contributed by atoms with Crippen molar-refractivity contribution in [2.45, 2.75) is 6.92 Å². The summed E-state index contributed by atoms with van der Waals surface area (Å²) in [5, 5.41) is 8.66. The minimum atomic E-state index is -1.48. The van der Waals surface area contributed by atoms with Crippen molar-refractivity contribution in [2.24, 2.45) is 0 Å². The monoisotopic (exact) mass is 256 g/mol. The molecule has 1 N–H and O–H groups in total. The Morgan fingerprint density at radius 2 is 1.68 bits per heavy atom. The van der Waals surface area contributed by atoms with Gasteiger partial charge in [-0.25, -0.2) is 4.79 Å². The molecule has 0 fully saturated rings. The Morgan fingerprint density at radius 1 is 1.00 bits per heavy atom. The number of carbonyl (C=O) groups is 2. The lowest BCUT2D eigenvalue weighted by molar-refractivity contribution is -0.131. The summed E-state index contributed by atoms with van der Waals surface area (Å²) in [4.78, 5) is 22.0. The molecule has 0 aromatic heterocycles. The van der Waals surface area contributed by atoms with Gasteiger partial charge in [0.05, 0.1) is 0 Å². The van der Waals surface area contributed by atoms with E-state index >= 15 is 0 Å². The van der Waals surface area contributed by atoms with Gasteiger partial charge in [0.2, 0.25) is 0 Å². The fourth-order valence-corrected chi connectivity index (χ4v) is 1.57. The maximum atomic E-state index is 11.3. The summed E-state index contributed by atoms with van der Waals surface area (Å²) in [6.07, 6.45) is 0. The number of carboxylic acids is 1. The predicted octanol–water partition coefficient (Wildman–Crippen LogP) is 3.05. The number of hydrogen-bond acceptors (Lipinski definition) is 3. The van der Waals surface area contributed by atoms with Crippen molar-refractivity contribution >= 4 is 11.8 Å². The van der Waals surface area contributed by atoms with E-state index in [0.717, 1.165) is 5.56 Å². The number of Topliss-reactive ketones (excluding diaryl/α,β-unsaturated/α-hetero) is 1. The molecule has 0 saturated heterocycles. The van der Waals surface area contributed by atoms with E-state index in [1.807, 2.05) is 19.1 Å². The number of aliphatic carboxylic acids is 1. The van der Waals surface area contributed by atoms with E-state index in [2.05, 4.69) is 0 Å². The molecule has 0 spiro atoms. The van der Waals surface area contributed by atoms with Crippen molar-refractivity contribution in [3.05, 3.63) is 59.7 Å². The van der Waals surface area contributed by atoms with Crippen LogP contribution < -0.4 is 4.74 Å². The van der Waals surface area contributed by atoms with E-state index in [-0.39, 0.29) is 5.56 Å². The minimum Gasteiger partial charge on any atom is -0.475 e. The summed E-state index contributed by atoms with van der Waals surface area (Å²) in [5.74, 6) is -1.37. The molecule has 96 valence electrons. The van der Waals surface area contributed by atoms with Crippen LogP contribution in [0.2, 0.25) is 0 Å². The summed E-state index contributed by atoms with van der Waals surface area (Å²) in [6, 6.07) is 13.5. The average molecular weight is 256 g/mol. The van der Waals surface area contributed by atoms with Gasteiger partial charge < -0.3 is 9.84 Å². The van der Waals surface area contributed by atoms with Gasteiger partial charge in [-0.1, -0.05) is 29.8 Å². The first-order valence-electron chi connectivity index (χ1n) is 5.68. The summed E-state index contributed by atoms with van der Waals surface area (Å²) in [5.41, 5.74) is 1.21. The quantitative estimate of drug-likeness (QED) is 0.674. The van der Waals surface area contributed by atoms with Crippen molar-refractivity contribution in [1.82, 2.24) is 0 Å². The smallest absolute Gasteiger partial charge is 0.377 e. The summed E-state index contributed by atoms with van der Waals surface area (Å²) < 4.78 is 5.56. The van der Waals surface area contributed by atoms with Crippen LogP contribution in [0.5, 0.6) is 11.5 Å². The Balaban J connectivity index is 2.22. The van der Waals surface area contributed by atoms with E-state index in [1.165, 1.54) is 12.1 Å². The average Bonchev–Trinajstić information content (AvgIpc) is 2.41. The molecule has 2 rings (SSSR count). The lowest BCUT2D eigenvalue weighted by atomic mass is 10.1. The van der Waals surface area contributed by atoms with E-state index in [0.29, 0.717) is 11.5 Å². The second kappa shape index (κ2) is 5.35. The van der Waals surface area contributed by atoms with Gasteiger partial charge in [-0.3, -0.25) is 4.79 Å². The maximum absolute atomic E-state index is 11.3. The van der Waals surface area contributed by atoms with Crippen LogP contribution >= 0.6 is 0 Å². The van der Waals surface area contributed by atoms with Crippen LogP contribution in [0.4, 0.5) is 0 Å². The van der Waals surface area contributed by atoms with Crippen LogP contribution in [0.1, 0.15) is 15.9 Å². The summed E-state index contributed by atoms with van der Waals surface area (Å²) in [7, 11) is 0. The summed E-state index contributed by atoms with van der Waals surface area (Å²) >= 11 is 0. The molecule has 0 aliphatic heterocycles. The number of ketones is 1. The predicted molar refractivity (Wildman–Crippen MR) is 69.7 cm³/mol. The third-order valence-corrected chi connectivity index (χ3v) is 2.55. The molecule has 0 aliphatic rings. The Bertz CT molecular complexity index is 614. The largest absolute Gasteiger partial charge is 0.475 e. The lowest BCUT2D eigenvalue weighted by Crippen LogP contribution is -2.12. The molecule has 4 nitrogen and oxygen atoms in total. The zero-order chi connectivity index (χ0) is 13.8. The van der Waals surface area contributed by atoms with Crippen LogP contribution in [0, 0.1) is 6.92 Å². The SMILES string of the molecule is Cc1ccc(Oc2cccc(C(=O)C(=O)O)c2)cc1. The maximum Gasteiger partial charge on any atom is 0.377 e. The molecule has 2 aromatic rings. The van der Waals surface area contributed by atoms with Crippen molar-refractivity contribution in [3.63, 3.8) is 0 Å². The topological polar surface area (TPSA) is 63.6 Å². The zero-order valence-corrected chi connectivity index (χ0v) is 10.3. The minimum absolute atomic E-state index is 0.0945. The molecule has 19 heavy (non-hydrogen) atoms. The Hall–Kier alpha value is -2.62. The number of benzene rings is 2. The number of ether oxygens (including phenoxy) is 1. The molecule has 0 amide bonds.